The lowest BCUT2D eigenvalue weighted by atomic mass is 9.90. The smallest absolute Gasteiger partial charge is 0.348 e. The van der Waals surface area contributed by atoms with Gasteiger partial charge in [-0.1, -0.05) is 0 Å². The number of hydrogen-bond donors (Lipinski definition) is 3. The third-order valence-corrected chi connectivity index (χ3v) is 7.14. The van der Waals surface area contributed by atoms with Crippen LogP contribution in [-0.4, -0.2) is 78.1 Å². The molecule has 7 heteroatoms. The van der Waals surface area contributed by atoms with E-state index in [1.807, 2.05) is 14.0 Å². The van der Waals surface area contributed by atoms with E-state index in [4.69, 9.17) is 14.2 Å². The molecule has 2 saturated heterocycles. The number of aliphatic hydroxyl groups excluding tert-OH is 1. The summed E-state index contributed by atoms with van der Waals surface area (Å²) in [6.07, 6.45) is 8.33. The maximum atomic E-state index is 9.61. The van der Waals surface area contributed by atoms with Crippen molar-refractivity contribution in [1.29, 1.82) is 0 Å². The molecular formula is C21H38N3O4+. The lowest BCUT2D eigenvalue weighted by Gasteiger charge is -2.45. The van der Waals surface area contributed by atoms with Crippen LogP contribution in [0.3, 0.4) is 0 Å². The Morgan fingerprint density at radius 1 is 1.29 bits per heavy atom. The SMILES string of the molecule is CO[C@@H]1[C@@H](OC)[C@@H]2C[C@]3(CCC[C@@H](C)O3)NC3=[N+]2[C@H]1CC(CCC[C@@H](C)O)N3. The summed E-state index contributed by atoms with van der Waals surface area (Å²) in [4.78, 5) is 0. The Bertz CT molecular complexity index is 598. The first-order valence-corrected chi connectivity index (χ1v) is 11.1. The number of methoxy groups -OCH3 is 2. The van der Waals surface area contributed by atoms with E-state index in [0.717, 1.165) is 50.9 Å². The number of ether oxygens (including phenoxy) is 3. The van der Waals surface area contributed by atoms with E-state index in [0.29, 0.717) is 12.1 Å². The van der Waals surface area contributed by atoms with Gasteiger partial charge in [-0.05, 0) is 46.0 Å². The zero-order chi connectivity index (χ0) is 19.9. The maximum absolute atomic E-state index is 9.61. The fourth-order valence-corrected chi connectivity index (χ4v) is 5.97. The predicted molar refractivity (Wildman–Crippen MR) is 106 cm³/mol. The molecule has 1 unspecified atom stereocenters. The number of rotatable bonds is 6. The van der Waals surface area contributed by atoms with Crippen LogP contribution in [0, 0.1) is 0 Å². The van der Waals surface area contributed by atoms with Gasteiger partial charge in [-0.25, -0.2) is 5.32 Å². The minimum Gasteiger partial charge on any atom is -0.393 e. The van der Waals surface area contributed by atoms with Crippen LogP contribution < -0.4 is 10.6 Å². The number of aliphatic hydroxyl groups is 1. The summed E-state index contributed by atoms with van der Waals surface area (Å²) < 4.78 is 20.9. The number of nitrogens with zero attached hydrogens (tertiary/aromatic N) is 1. The molecule has 0 aromatic rings. The van der Waals surface area contributed by atoms with E-state index in [2.05, 4.69) is 22.1 Å². The summed E-state index contributed by atoms with van der Waals surface area (Å²) in [6.45, 7) is 4.04. The summed E-state index contributed by atoms with van der Waals surface area (Å²) in [6, 6.07) is 0.929. The van der Waals surface area contributed by atoms with Gasteiger partial charge in [-0.15, -0.1) is 0 Å². The number of hydrogen-bond acceptors (Lipinski definition) is 6. The zero-order valence-electron chi connectivity index (χ0n) is 17.8. The van der Waals surface area contributed by atoms with Gasteiger partial charge in [-0.2, -0.15) is 0 Å². The molecule has 2 fully saturated rings. The Balaban J connectivity index is 1.60. The van der Waals surface area contributed by atoms with E-state index in [1.165, 1.54) is 6.42 Å². The second-order valence-corrected chi connectivity index (χ2v) is 9.29. The van der Waals surface area contributed by atoms with Crippen molar-refractivity contribution < 1.29 is 23.9 Å². The molecule has 0 aromatic heterocycles. The highest BCUT2D eigenvalue weighted by Crippen LogP contribution is 2.41. The minimum absolute atomic E-state index is 0.0443. The van der Waals surface area contributed by atoms with Crippen molar-refractivity contribution in [2.24, 2.45) is 0 Å². The molecule has 0 radical (unpaired) electrons. The van der Waals surface area contributed by atoms with Crippen LogP contribution in [0.5, 0.6) is 0 Å². The van der Waals surface area contributed by atoms with Gasteiger partial charge >= 0.3 is 5.96 Å². The molecule has 0 aromatic carbocycles. The highest BCUT2D eigenvalue weighted by atomic mass is 16.5. The van der Waals surface area contributed by atoms with Crippen molar-refractivity contribution in [2.75, 3.05) is 14.2 Å². The Labute approximate surface area is 168 Å². The average Bonchev–Trinajstić information content (AvgIpc) is 2.94. The average molecular weight is 397 g/mol. The summed E-state index contributed by atoms with van der Waals surface area (Å²) in [7, 11) is 3.61. The fraction of sp³-hybridized carbons (Fsp3) is 0.952. The van der Waals surface area contributed by atoms with Gasteiger partial charge in [0.1, 0.15) is 24.3 Å². The van der Waals surface area contributed by atoms with Crippen molar-refractivity contribution in [3.8, 4) is 0 Å². The van der Waals surface area contributed by atoms with Crippen LogP contribution in [-0.2, 0) is 14.2 Å². The summed E-state index contributed by atoms with van der Waals surface area (Å²) in [5.74, 6) is 1.09. The second kappa shape index (κ2) is 8.09. The van der Waals surface area contributed by atoms with Gasteiger partial charge in [0.05, 0.1) is 18.2 Å². The largest absolute Gasteiger partial charge is 0.393 e. The number of guanidine groups is 1. The molecule has 4 heterocycles. The molecule has 28 heavy (non-hydrogen) atoms. The molecule has 160 valence electrons. The monoisotopic (exact) mass is 396 g/mol. The van der Waals surface area contributed by atoms with Crippen LogP contribution in [0.15, 0.2) is 0 Å². The Kier molecular flexibility index (Phi) is 5.89. The van der Waals surface area contributed by atoms with E-state index < -0.39 is 0 Å². The van der Waals surface area contributed by atoms with E-state index in [9.17, 15) is 5.11 Å². The molecule has 4 rings (SSSR count). The fourth-order valence-electron chi connectivity index (χ4n) is 5.97. The summed E-state index contributed by atoms with van der Waals surface area (Å²) in [5.41, 5.74) is -0.313. The van der Waals surface area contributed by atoms with Crippen LogP contribution in [0.1, 0.15) is 65.2 Å². The quantitative estimate of drug-likeness (QED) is 0.588. The van der Waals surface area contributed by atoms with E-state index >= 15 is 0 Å². The lowest BCUT2D eigenvalue weighted by molar-refractivity contribution is -0.605. The van der Waals surface area contributed by atoms with E-state index in [1.54, 1.807) is 7.11 Å². The normalized spacial score (nSPS) is 43.5. The van der Waals surface area contributed by atoms with Crippen LogP contribution in [0.2, 0.25) is 0 Å². The standard InChI is InChI=1S/C21H37N3O4/c1-13(25)7-5-9-15-11-16-18(26-3)19(27-4)17-12-21(10-6-8-14(2)28-21)23-20(22-15)24(16)17/h13-19,25H,5-12H2,1-4H3,(H,22,23)/p+1/t13-,14-,15?,16+,17+,18+,19+,21-/m1/s1. The molecule has 4 aliphatic heterocycles. The summed E-state index contributed by atoms with van der Waals surface area (Å²) >= 11 is 0. The predicted octanol–water partition coefficient (Wildman–Crippen LogP) is 1.33. The Hall–Kier alpha value is -0.890. The molecular weight excluding hydrogens is 358 g/mol. The lowest BCUT2D eigenvalue weighted by Crippen LogP contribution is -2.69. The van der Waals surface area contributed by atoms with E-state index in [-0.39, 0.29) is 36.2 Å². The molecule has 0 amide bonds. The van der Waals surface area contributed by atoms with Crippen molar-refractivity contribution in [1.82, 2.24) is 10.6 Å². The third kappa shape index (κ3) is 3.66. The molecule has 4 aliphatic rings. The number of nitrogens with one attached hydrogen (secondary N) is 2. The molecule has 0 aliphatic carbocycles. The molecule has 3 N–H and O–H groups in total. The first kappa shape index (κ1) is 20.4. The highest BCUT2D eigenvalue weighted by Gasteiger charge is 2.60. The zero-order valence-corrected chi connectivity index (χ0v) is 17.8. The van der Waals surface area contributed by atoms with Gasteiger partial charge in [-0.3, -0.25) is 9.89 Å². The second-order valence-electron chi connectivity index (χ2n) is 9.29. The van der Waals surface area contributed by atoms with Gasteiger partial charge in [0.2, 0.25) is 0 Å². The first-order chi connectivity index (χ1) is 13.5. The van der Waals surface area contributed by atoms with Crippen molar-refractivity contribution in [3.05, 3.63) is 0 Å². The topological polar surface area (TPSA) is 75.0 Å². The van der Waals surface area contributed by atoms with Gasteiger partial charge < -0.3 is 19.3 Å². The Morgan fingerprint density at radius 2 is 2.04 bits per heavy atom. The van der Waals surface area contributed by atoms with Gasteiger partial charge in [0.25, 0.3) is 0 Å². The maximum Gasteiger partial charge on any atom is 0.348 e. The van der Waals surface area contributed by atoms with Gasteiger partial charge in [0.15, 0.2) is 5.72 Å². The Morgan fingerprint density at radius 3 is 2.71 bits per heavy atom. The molecule has 8 atom stereocenters. The van der Waals surface area contributed by atoms with Crippen molar-refractivity contribution >= 4 is 5.96 Å². The summed E-state index contributed by atoms with van der Waals surface area (Å²) in [5, 5.41) is 17.1. The van der Waals surface area contributed by atoms with Crippen LogP contribution in [0.4, 0.5) is 0 Å². The third-order valence-electron chi connectivity index (χ3n) is 7.14. The minimum atomic E-state index is -0.313. The van der Waals surface area contributed by atoms with Crippen LogP contribution >= 0.6 is 0 Å². The molecule has 0 saturated carbocycles. The highest BCUT2D eigenvalue weighted by molar-refractivity contribution is 5.77. The van der Waals surface area contributed by atoms with Crippen LogP contribution in [0.25, 0.3) is 0 Å². The van der Waals surface area contributed by atoms with Gasteiger partial charge in [0, 0.05) is 33.5 Å². The van der Waals surface area contributed by atoms with Crippen molar-refractivity contribution in [3.63, 3.8) is 0 Å². The first-order valence-electron chi connectivity index (χ1n) is 11.1. The molecule has 1 spiro atoms. The van der Waals surface area contributed by atoms with Crippen molar-refractivity contribution in [2.45, 2.75) is 113 Å². The molecule has 7 nitrogen and oxygen atoms in total. The molecule has 0 bridgehead atoms.